The van der Waals surface area contributed by atoms with Crippen LogP contribution in [0.15, 0.2) is 15.9 Å². The highest BCUT2D eigenvalue weighted by atomic mass is 79.9. The van der Waals surface area contributed by atoms with Gasteiger partial charge in [-0.3, -0.25) is 0 Å². The van der Waals surface area contributed by atoms with Gasteiger partial charge >= 0.3 is 0 Å². The van der Waals surface area contributed by atoms with Crippen LogP contribution < -0.4 is 0 Å². The zero-order chi connectivity index (χ0) is 11.1. The molecule has 1 aromatic heterocycles. The molecule has 0 unspecified atom stereocenters. The first-order valence-electron chi connectivity index (χ1n) is 4.70. The molecule has 84 valence electrons. The van der Waals surface area contributed by atoms with Crippen molar-refractivity contribution in [2.75, 3.05) is 12.8 Å². The lowest BCUT2D eigenvalue weighted by molar-refractivity contribution is 0.405. The molecule has 1 aromatic rings. The van der Waals surface area contributed by atoms with Crippen molar-refractivity contribution in [3.05, 3.63) is 20.8 Å². The molecule has 1 atom stereocenters. The van der Waals surface area contributed by atoms with E-state index in [1.165, 1.54) is 6.26 Å². The third-order valence-corrected chi connectivity index (χ3v) is 5.57. The second-order valence-corrected chi connectivity index (χ2v) is 8.10. The van der Waals surface area contributed by atoms with Gasteiger partial charge in [-0.05, 0) is 40.9 Å². The normalized spacial score (nSPS) is 23.5. The van der Waals surface area contributed by atoms with Gasteiger partial charge in [0.05, 0.1) is 16.1 Å². The monoisotopic (exact) mass is 309 g/mol. The van der Waals surface area contributed by atoms with Gasteiger partial charge in [-0.25, -0.2) is 8.42 Å². The molecule has 0 radical (unpaired) electrons. The van der Waals surface area contributed by atoms with Crippen LogP contribution in [0, 0.1) is 0 Å². The predicted molar refractivity (Wildman–Crippen MR) is 65.5 cm³/mol. The first kappa shape index (κ1) is 11.6. The van der Waals surface area contributed by atoms with Crippen molar-refractivity contribution < 1.29 is 8.42 Å². The molecule has 0 spiro atoms. The molecular weight excluding hydrogens is 298 g/mol. The highest BCUT2D eigenvalue weighted by molar-refractivity contribution is 9.11. The van der Waals surface area contributed by atoms with Gasteiger partial charge in [0.1, 0.15) is 0 Å². The molecule has 0 N–H and O–H groups in total. The van der Waals surface area contributed by atoms with Gasteiger partial charge in [-0.15, -0.1) is 11.3 Å². The largest absolute Gasteiger partial charge is 0.212 e. The number of halogens is 1. The van der Waals surface area contributed by atoms with E-state index in [4.69, 9.17) is 0 Å². The van der Waals surface area contributed by atoms with Gasteiger partial charge in [0, 0.05) is 11.4 Å². The standard InChI is InChI=1S/C9H12BrNO2S2/c1-15(12,13)11-6-2-3-7(11)8-4-5-9(10)14-8/h4-5,7H,2-3,6H2,1H3/t7-/m1/s1. The van der Waals surface area contributed by atoms with E-state index >= 15 is 0 Å². The molecule has 1 aliphatic heterocycles. The summed E-state index contributed by atoms with van der Waals surface area (Å²) >= 11 is 5.02. The summed E-state index contributed by atoms with van der Waals surface area (Å²) < 4.78 is 25.7. The Labute approximate surface area is 102 Å². The van der Waals surface area contributed by atoms with E-state index in [9.17, 15) is 8.42 Å². The maximum atomic E-state index is 11.5. The fraction of sp³-hybridized carbons (Fsp3) is 0.556. The Bertz CT molecular complexity index is 454. The average molecular weight is 310 g/mol. The molecule has 1 saturated heterocycles. The van der Waals surface area contributed by atoms with E-state index in [1.807, 2.05) is 12.1 Å². The van der Waals surface area contributed by atoms with Crippen LogP contribution in [-0.4, -0.2) is 25.5 Å². The minimum atomic E-state index is -3.07. The number of hydrogen-bond donors (Lipinski definition) is 0. The molecule has 15 heavy (non-hydrogen) atoms. The molecular formula is C9H12BrNO2S2. The first-order valence-corrected chi connectivity index (χ1v) is 8.16. The van der Waals surface area contributed by atoms with Gasteiger partial charge in [0.2, 0.25) is 10.0 Å². The average Bonchev–Trinajstić information content (AvgIpc) is 2.68. The molecule has 1 fully saturated rings. The second kappa shape index (κ2) is 4.16. The fourth-order valence-electron chi connectivity index (χ4n) is 1.93. The molecule has 0 amide bonds. The summed E-state index contributed by atoms with van der Waals surface area (Å²) in [7, 11) is -3.07. The van der Waals surface area contributed by atoms with Crippen LogP contribution in [0.25, 0.3) is 0 Å². The van der Waals surface area contributed by atoms with Gasteiger partial charge in [0.25, 0.3) is 0 Å². The highest BCUT2D eigenvalue weighted by Crippen LogP contribution is 2.38. The van der Waals surface area contributed by atoms with E-state index in [-0.39, 0.29) is 6.04 Å². The van der Waals surface area contributed by atoms with Gasteiger partial charge < -0.3 is 0 Å². The number of sulfonamides is 1. The van der Waals surface area contributed by atoms with E-state index < -0.39 is 10.0 Å². The molecule has 1 aliphatic rings. The Hall–Kier alpha value is 0.0900. The summed E-state index contributed by atoms with van der Waals surface area (Å²) in [4.78, 5) is 1.13. The molecule has 0 aromatic carbocycles. The summed E-state index contributed by atoms with van der Waals surface area (Å²) in [5.74, 6) is 0. The van der Waals surface area contributed by atoms with Gasteiger partial charge in [-0.2, -0.15) is 4.31 Å². The van der Waals surface area contributed by atoms with Crippen molar-refractivity contribution in [2.24, 2.45) is 0 Å². The molecule has 0 bridgehead atoms. The lowest BCUT2D eigenvalue weighted by Gasteiger charge is -2.20. The smallest absolute Gasteiger partial charge is 0.211 e. The molecule has 6 heteroatoms. The molecule has 0 aliphatic carbocycles. The summed E-state index contributed by atoms with van der Waals surface area (Å²) in [6.07, 6.45) is 3.17. The lowest BCUT2D eigenvalue weighted by atomic mass is 10.2. The highest BCUT2D eigenvalue weighted by Gasteiger charge is 2.33. The minimum Gasteiger partial charge on any atom is -0.212 e. The van der Waals surface area contributed by atoms with Crippen molar-refractivity contribution in [3.8, 4) is 0 Å². The van der Waals surface area contributed by atoms with Crippen molar-refractivity contribution in [2.45, 2.75) is 18.9 Å². The van der Waals surface area contributed by atoms with Crippen LogP contribution in [0.1, 0.15) is 23.8 Å². The van der Waals surface area contributed by atoms with Crippen LogP contribution in [0.3, 0.4) is 0 Å². The number of thiophene rings is 1. The maximum absolute atomic E-state index is 11.5. The lowest BCUT2D eigenvalue weighted by Crippen LogP contribution is -2.28. The Morgan fingerprint density at radius 1 is 1.53 bits per heavy atom. The Kier molecular flexibility index (Phi) is 3.21. The van der Waals surface area contributed by atoms with Crippen LogP contribution in [0.2, 0.25) is 0 Å². The van der Waals surface area contributed by atoms with Crippen LogP contribution in [-0.2, 0) is 10.0 Å². The fourth-order valence-corrected chi connectivity index (χ4v) is 4.71. The molecule has 2 heterocycles. The number of nitrogens with zero attached hydrogens (tertiary/aromatic N) is 1. The van der Waals surface area contributed by atoms with E-state index in [0.29, 0.717) is 6.54 Å². The van der Waals surface area contributed by atoms with Crippen molar-refractivity contribution in [3.63, 3.8) is 0 Å². The summed E-state index contributed by atoms with van der Waals surface area (Å²) in [5, 5.41) is 0. The van der Waals surface area contributed by atoms with Gasteiger partial charge in [-0.1, -0.05) is 0 Å². The maximum Gasteiger partial charge on any atom is 0.211 e. The quantitative estimate of drug-likeness (QED) is 0.842. The van der Waals surface area contributed by atoms with Crippen molar-refractivity contribution >= 4 is 37.3 Å². The SMILES string of the molecule is CS(=O)(=O)N1CCC[C@@H]1c1ccc(Br)s1. The Morgan fingerprint density at radius 2 is 2.27 bits per heavy atom. The zero-order valence-electron chi connectivity index (χ0n) is 8.31. The molecule has 3 nitrogen and oxygen atoms in total. The van der Waals surface area contributed by atoms with E-state index in [2.05, 4.69) is 15.9 Å². The van der Waals surface area contributed by atoms with E-state index in [1.54, 1.807) is 15.6 Å². The third kappa shape index (κ3) is 2.43. The van der Waals surface area contributed by atoms with Crippen LogP contribution in [0.4, 0.5) is 0 Å². The van der Waals surface area contributed by atoms with Crippen molar-refractivity contribution in [1.29, 1.82) is 0 Å². The minimum absolute atomic E-state index is 0.0521. The summed E-state index contributed by atoms with van der Waals surface area (Å²) in [6, 6.07) is 4.03. The summed E-state index contributed by atoms with van der Waals surface area (Å²) in [5.41, 5.74) is 0. The predicted octanol–water partition coefficient (Wildman–Crippen LogP) is 2.61. The second-order valence-electron chi connectivity index (χ2n) is 3.67. The van der Waals surface area contributed by atoms with E-state index in [0.717, 1.165) is 21.5 Å². The molecule has 2 rings (SSSR count). The van der Waals surface area contributed by atoms with Crippen molar-refractivity contribution in [1.82, 2.24) is 4.31 Å². The topological polar surface area (TPSA) is 37.4 Å². The third-order valence-electron chi connectivity index (χ3n) is 2.55. The molecule has 0 saturated carbocycles. The number of hydrogen-bond acceptors (Lipinski definition) is 3. The summed E-state index contributed by atoms with van der Waals surface area (Å²) in [6.45, 7) is 0.652. The van der Waals surface area contributed by atoms with Crippen LogP contribution >= 0.6 is 27.3 Å². The Morgan fingerprint density at radius 3 is 2.80 bits per heavy atom. The Balaban J connectivity index is 2.30. The zero-order valence-corrected chi connectivity index (χ0v) is 11.5. The first-order chi connectivity index (χ1) is 6.98. The number of rotatable bonds is 2. The van der Waals surface area contributed by atoms with Crippen LogP contribution in [0.5, 0.6) is 0 Å². The van der Waals surface area contributed by atoms with Gasteiger partial charge in [0.15, 0.2) is 0 Å².